The van der Waals surface area contributed by atoms with Crippen LogP contribution < -0.4 is 0 Å². The first-order valence-corrected chi connectivity index (χ1v) is 18.7. The van der Waals surface area contributed by atoms with Crippen molar-refractivity contribution in [1.29, 1.82) is 0 Å². The molecule has 0 N–H and O–H groups in total. The van der Waals surface area contributed by atoms with Crippen molar-refractivity contribution >= 4 is 32.6 Å². The fraction of sp³-hybridized carbons (Fsp3) is 0.0192. The molecule has 0 bridgehead atoms. The normalized spacial score (nSPS) is 13.3. The van der Waals surface area contributed by atoms with Crippen molar-refractivity contribution < 1.29 is 0 Å². The Morgan fingerprint density at radius 3 is 1.94 bits per heavy atom. The van der Waals surface area contributed by atoms with Gasteiger partial charge in [0.1, 0.15) is 5.82 Å². The summed E-state index contributed by atoms with van der Waals surface area (Å²) in [5.41, 5.74) is 17.0. The van der Waals surface area contributed by atoms with Crippen LogP contribution in [0, 0.1) is 0 Å². The van der Waals surface area contributed by atoms with Crippen molar-refractivity contribution in [1.82, 2.24) is 9.55 Å². The van der Waals surface area contributed by atoms with Crippen LogP contribution in [-0.4, -0.2) is 9.55 Å². The topological polar surface area (TPSA) is 17.8 Å². The minimum Gasteiger partial charge on any atom is -0.292 e. The minimum absolute atomic E-state index is 0.417. The number of nitrogens with zero attached hydrogens (tertiary/aromatic N) is 2. The third kappa shape index (κ3) is 3.87. The van der Waals surface area contributed by atoms with Crippen LogP contribution in [0.1, 0.15) is 22.3 Å². The smallest absolute Gasteiger partial charge is 0.145 e. The van der Waals surface area contributed by atoms with Gasteiger partial charge in [0.15, 0.2) is 0 Å². The lowest BCUT2D eigenvalue weighted by atomic mass is 9.69. The first-order valence-electron chi connectivity index (χ1n) is 18.7. The summed E-state index contributed by atoms with van der Waals surface area (Å²) >= 11 is 0. The van der Waals surface area contributed by atoms with Crippen molar-refractivity contribution in [2.45, 2.75) is 5.41 Å². The Labute approximate surface area is 313 Å². The number of hydrogen-bond acceptors (Lipinski definition) is 1. The molecule has 1 spiro atoms. The van der Waals surface area contributed by atoms with Crippen LogP contribution in [0.4, 0.5) is 0 Å². The van der Waals surface area contributed by atoms with Crippen molar-refractivity contribution in [3.8, 4) is 50.5 Å². The third-order valence-electron chi connectivity index (χ3n) is 12.0. The largest absolute Gasteiger partial charge is 0.292 e. The maximum absolute atomic E-state index is 5.17. The zero-order chi connectivity index (χ0) is 35.4. The van der Waals surface area contributed by atoms with Crippen LogP contribution in [0.25, 0.3) is 83.0 Å². The molecule has 10 aromatic rings. The minimum atomic E-state index is -0.417. The second-order valence-electron chi connectivity index (χ2n) is 14.7. The molecular weight excluding hydrogens is 653 g/mol. The van der Waals surface area contributed by atoms with E-state index in [9.17, 15) is 0 Å². The van der Waals surface area contributed by atoms with Gasteiger partial charge in [0.2, 0.25) is 0 Å². The van der Waals surface area contributed by atoms with E-state index >= 15 is 0 Å². The highest BCUT2D eigenvalue weighted by atomic mass is 15.1. The van der Waals surface area contributed by atoms with Gasteiger partial charge >= 0.3 is 0 Å². The second kappa shape index (κ2) is 11.0. The van der Waals surface area contributed by atoms with Crippen LogP contribution in [0.3, 0.4) is 0 Å². The van der Waals surface area contributed by atoms with Crippen molar-refractivity contribution in [2.24, 2.45) is 0 Å². The lowest BCUT2D eigenvalue weighted by Gasteiger charge is -2.31. The van der Waals surface area contributed by atoms with Crippen molar-refractivity contribution in [2.75, 3.05) is 0 Å². The number of aromatic nitrogens is 2. The highest BCUT2D eigenvalue weighted by Gasteiger charge is 2.52. The number of imidazole rings is 1. The van der Waals surface area contributed by atoms with Gasteiger partial charge in [0, 0.05) is 11.3 Å². The van der Waals surface area contributed by atoms with Crippen molar-refractivity contribution in [3.63, 3.8) is 0 Å². The lowest BCUT2D eigenvalue weighted by Crippen LogP contribution is -2.26. The lowest BCUT2D eigenvalue weighted by molar-refractivity contribution is 0.802. The zero-order valence-electron chi connectivity index (χ0n) is 29.4. The molecule has 2 aliphatic rings. The molecule has 0 saturated carbocycles. The molecule has 2 aliphatic carbocycles. The average Bonchev–Trinajstić information content (AvgIpc) is 3.88. The molecule has 1 aromatic heterocycles. The van der Waals surface area contributed by atoms with E-state index in [1.54, 1.807) is 0 Å². The molecular formula is C52H32N2. The maximum atomic E-state index is 5.17. The summed E-state index contributed by atoms with van der Waals surface area (Å²) < 4.78 is 2.27. The standard InChI is InChI=1S/C52H32N2/c1-2-16-38(17-3-1)54-48-24-11-10-23-47(48)53-51(54)37-15-12-14-34(32-37)35-25-28-40-36(31-35)26-29-43-49-39-18-5-4-13-33(39)27-30-46(49)52(50(40)43)44-21-8-6-19-41(44)42-20-7-9-22-45(42)52/h1-32H. The van der Waals surface area contributed by atoms with E-state index in [-0.39, 0.29) is 0 Å². The quantitative estimate of drug-likeness (QED) is 0.181. The van der Waals surface area contributed by atoms with E-state index < -0.39 is 5.41 Å². The summed E-state index contributed by atoms with van der Waals surface area (Å²) in [5.74, 6) is 0.938. The molecule has 0 radical (unpaired) electrons. The molecule has 0 fully saturated rings. The van der Waals surface area contributed by atoms with Gasteiger partial charge in [0.05, 0.1) is 16.4 Å². The van der Waals surface area contributed by atoms with Crippen molar-refractivity contribution in [3.05, 3.63) is 216 Å². The Morgan fingerprint density at radius 1 is 0.407 bits per heavy atom. The van der Waals surface area contributed by atoms with Crippen LogP contribution in [0.5, 0.6) is 0 Å². The average molecular weight is 685 g/mol. The summed E-state index contributed by atoms with van der Waals surface area (Å²) in [6.07, 6.45) is 0. The molecule has 1 heterocycles. The third-order valence-corrected chi connectivity index (χ3v) is 12.0. The van der Waals surface area contributed by atoms with Crippen LogP contribution in [0.15, 0.2) is 194 Å². The first kappa shape index (κ1) is 29.5. The second-order valence-corrected chi connectivity index (χ2v) is 14.7. The molecule has 0 unspecified atom stereocenters. The summed E-state index contributed by atoms with van der Waals surface area (Å²) in [6, 6.07) is 71.4. The van der Waals surface area contributed by atoms with Gasteiger partial charge < -0.3 is 0 Å². The van der Waals surface area contributed by atoms with Crippen LogP contribution >= 0.6 is 0 Å². The molecule has 250 valence electrons. The number of fused-ring (bicyclic) bond motifs is 15. The SMILES string of the molecule is c1ccc(-n2c(-c3cccc(-c4ccc5c6c(ccc5c4)-c4c(ccc5ccccc45)C64c5ccccc5-c5ccccc54)c3)nc3ccccc32)cc1. The fourth-order valence-corrected chi connectivity index (χ4v) is 9.82. The molecule has 2 nitrogen and oxygen atoms in total. The number of hydrogen-bond donors (Lipinski definition) is 0. The monoisotopic (exact) mass is 684 g/mol. The van der Waals surface area contributed by atoms with Crippen LogP contribution in [0.2, 0.25) is 0 Å². The predicted molar refractivity (Wildman–Crippen MR) is 223 cm³/mol. The summed E-state index contributed by atoms with van der Waals surface area (Å²) in [7, 11) is 0. The van der Waals surface area contributed by atoms with Gasteiger partial charge in [-0.05, 0) is 114 Å². The fourth-order valence-electron chi connectivity index (χ4n) is 9.82. The van der Waals surface area contributed by atoms with E-state index in [1.807, 2.05) is 0 Å². The summed E-state index contributed by atoms with van der Waals surface area (Å²) in [6.45, 7) is 0. The molecule has 54 heavy (non-hydrogen) atoms. The Balaban J connectivity index is 1.09. The molecule has 9 aromatic carbocycles. The summed E-state index contributed by atoms with van der Waals surface area (Å²) in [5, 5.41) is 5.12. The van der Waals surface area contributed by atoms with Gasteiger partial charge in [-0.3, -0.25) is 4.57 Å². The highest BCUT2D eigenvalue weighted by Crippen LogP contribution is 2.65. The van der Waals surface area contributed by atoms with E-state index in [1.165, 1.54) is 77.2 Å². The number of para-hydroxylation sites is 3. The Morgan fingerprint density at radius 2 is 1.09 bits per heavy atom. The van der Waals surface area contributed by atoms with Gasteiger partial charge in [0.25, 0.3) is 0 Å². The Kier molecular flexibility index (Phi) is 6.01. The van der Waals surface area contributed by atoms with E-state index in [2.05, 4.69) is 199 Å². The Hall–Kier alpha value is -7.03. The molecule has 0 amide bonds. The molecule has 0 aliphatic heterocycles. The number of rotatable bonds is 3. The van der Waals surface area contributed by atoms with Gasteiger partial charge in [-0.15, -0.1) is 0 Å². The van der Waals surface area contributed by atoms with Gasteiger partial charge in [-0.25, -0.2) is 4.98 Å². The maximum Gasteiger partial charge on any atom is 0.145 e. The van der Waals surface area contributed by atoms with E-state index in [4.69, 9.17) is 4.98 Å². The Bertz CT molecular complexity index is 3120. The molecule has 0 saturated heterocycles. The van der Waals surface area contributed by atoms with Gasteiger partial charge in [-0.1, -0.05) is 158 Å². The van der Waals surface area contributed by atoms with E-state index in [0.29, 0.717) is 0 Å². The van der Waals surface area contributed by atoms with Crippen LogP contribution in [-0.2, 0) is 5.41 Å². The first-order chi connectivity index (χ1) is 26.8. The highest BCUT2D eigenvalue weighted by molar-refractivity contribution is 6.11. The molecule has 12 rings (SSSR count). The molecule has 0 atom stereocenters. The number of benzene rings is 9. The molecule has 2 heteroatoms. The van der Waals surface area contributed by atoms with Gasteiger partial charge in [-0.2, -0.15) is 0 Å². The predicted octanol–water partition coefficient (Wildman–Crippen LogP) is 13.0. The van der Waals surface area contributed by atoms with E-state index in [0.717, 1.165) is 28.1 Å². The summed E-state index contributed by atoms with van der Waals surface area (Å²) in [4.78, 5) is 5.17. The zero-order valence-corrected chi connectivity index (χ0v) is 29.4.